The van der Waals surface area contributed by atoms with Gasteiger partial charge in [0.15, 0.2) is 0 Å². The summed E-state index contributed by atoms with van der Waals surface area (Å²) in [5.41, 5.74) is 5.07. The number of benzene rings is 2. The number of anilines is 1. The van der Waals surface area contributed by atoms with E-state index in [-0.39, 0.29) is 5.91 Å². The molecule has 0 saturated heterocycles. The Hall–Kier alpha value is -2.09. The van der Waals surface area contributed by atoms with Crippen molar-refractivity contribution in [3.8, 4) is 0 Å². The maximum Gasteiger partial charge on any atom is 0.255 e. The molecule has 0 aliphatic heterocycles. The van der Waals surface area contributed by atoms with Gasteiger partial charge in [-0.15, -0.1) is 0 Å². The number of hydrogen-bond donors (Lipinski definition) is 1. The van der Waals surface area contributed by atoms with Gasteiger partial charge in [-0.05, 0) is 56.2 Å². The van der Waals surface area contributed by atoms with E-state index in [0.717, 1.165) is 11.3 Å². The molecule has 92 valence electrons. The van der Waals surface area contributed by atoms with Crippen molar-refractivity contribution in [1.82, 2.24) is 0 Å². The predicted octanol–water partition coefficient (Wildman–Crippen LogP) is 3.86. The summed E-state index contributed by atoms with van der Waals surface area (Å²) in [6.07, 6.45) is 0. The van der Waals surface area contributed by atoms with Crippen LogP contribution in [0, 0.1) is 20.8 Å². The molecule has 0 heterocycles. The first-order valence-corrected chi connectivity index (χ1v) is 6.01. The molecule has 0 saturated carbocycles. The summed E-state index contributed by atoms with van der Waals surface area (Å²) in [7, 11) is 0. The minimum atomic E-state index is -0.0711. The van der Waals surface area contributed by atoms with E-state index in [2.05, 4.69) is 12.2 Å². The van der Waals surface area contributed by atoms with E-state index >= 15 is 0 Å². The SMILES string of the molecule is Cc1ccc(C(=O)Nc2ccc(C)c(C)c2)cc1. The van der Waals surface area contributed by atoms with E-state index in [4.69, 9.17) is 0 Å². The molecule has 1 amide bonds. The lowest BCUT2D eigenvalue weighted by Gasteiger charge is -2.07. The molecule has 2 aromatic rings. The van der Waals surface area contributed by atoms with Crippen LogP contribution in [-0.2, 0) is 0 Å². The highest BCUT2D eigenvalue weighted by Gasteiger charge is 2.05. The van der Waals surface area contributed by atoms with Gasteiger partial charge in [-0.1, -0.05) is 23.8 Å². The van der Waals surface area contributed by atoms with Crippen LogP contribution in [0.15, 0.2) is 42.5 Å². The molecule has 2 rings (SSSR count). The summed E-state index contributed by atoms with van der Waals surface area (Å²) in [4.78, 5) is 12.0. The average molecular weight is 239 g/mol. The molecule has 0 aliphatic carbocycles. The van der Waals surface area contributed by atoms with Crippen LogP contribution in [0.3, 0.4) is 0 Å². The van der Waals surface area contributed by atoms with Crippen molar-refractivity contribution in [2.24, 2.45) is 0 Å². The predicted molar refractivity (Wildman–Crippen MR) is 75.0 cm³/mol. The Morgan fingerprint density at radius 2 is 1.56 bits per heavy atom. The van der Waals surface area contributed by atoms with Crippen molar-refractivity contribution in [1.29, 1.82) is 0 Å². The van der Waals surface area contributed by atoms with Crippen LogP contribution in [0.4, 0.5) is 5.69 Å². The maximum atomic E-state index is 12.0. The zero-order valence-corrected chi connectivity index (χ0v) is 10.9. The first-order valence-electron chi connectivity index (χ1n) is 6.01. The van der Waals surface area contributed by atoms with E-state index in [1.165, 1.54) is 11.1 Å². The van der Waals surface area contributed by atoms with Crippen LogP contribution in [0.5, 0.6) is 0 Å². The summed E-state index contributed by atoms with van der Waals surface area (Å²) in [5, 5.41) is 2.91. The van der Waals surface area contributed by atoms with Crippen LogP contribution in [0.1, 0.15) is 27.0 Å². The van der Waals surface area contributed by atoms with Crippen LogP contribution < -0.4 is 5.32 Å². The smallest absolute Gasteiger partial charge is 0.255 e. The van der Waals surface area contributed by atoms with E-state index in [9.17, 15) is 4.79 Å². The zero-order valence-electron chi connectivity index (χ0n) is 10.9. The summed E-state index contributed by atoms with van der Waals surface area (Å²) >= 11 is 0. The van der Waals surface area contributed by atoms with Gasteiger partial charge in [-0.3, -0.25) is 4.79 Å². The second-order valence-electron chi connectivity index (χ2n) is 4.62. The Labute approximate surface area is 108 Å². The highest BCUT2D eigenvalue weighted by atomic mass is 16.1. The Kier molecular flexibility index (Phi) is 3.47. The van der Waals surface area contributed by atoms with Crippen molar-refractivity contribution >= 4 is 11.6 Å². The monoisotopic (exact) mass is 239 g/mol. The summed E-state index contributed by atoms with van der Waals surface area (Å²) in [5.74, 6) is -0.0711. The van der Waals surface area contributed by atoms with Gasteiger partial charge in [-0.2, -0.15) is 0 Å². The molecule has 0 bridgehead atoms. The topological polar surface area (TPSA) is 29.1 Å². The molecule has 0 atom stereocenters. The van der Waals surface area contributed by atoms with Crippen molar-refractivity contribution in [3.63, 3.8) is 0 Å². The third kappa shape index (κ3) is 2.77. The highest BCUT2D eigenvalue weighted by molar-refractivity contribution is 6.04. The Morgan fingerprint density at radius 3 is 2.17 bits per heavy atom. The molecule has 0 aliphatic rings. The van der Waals surface area contributed by atoms with Gasteiger partial charge in [0.1, 0.15) is 0 Å². The summed E-state index contributed by atoms with van der Waals surface area (Å²) in [6, 6.07) is 13.5. The molecular weight excluding hydrogens is 222 g/mol. The summed E-state index contributed by atoms with van der Waals surface area (Å²) in [6.45, 7) is 6.10. The molecule has 2 nitrogen and oxygen atoms in total. The molecule has 2 heteroatoms. The molecular formula is C16H17NO. The second kappa shape index (κ2) is 5.05. The van der Waals surface area contributed by atoms with Crippen molar-refractivity contribution in [3.05, 3.63) is 64.7 Å². The number of carbonyl (C=O) groups excluding carboxylic acids is 1. The minimum Gasteiger partial charge on any atom is -0.322 e. The molecule has 1 N–H and O–H groups in total. The van der Waals surface area contributed by atoms with E-state index < -0.39 is 0 Å². The lowest BCUT2D eigenvalue weighted by molar-refractivity contribution is 0.102. The third-order valence-electron chi connectivity index (χ3n) is 3.08. The van der Waals surface area contributed by atoms with Gasteiger partial charge in [-0.25, -0.2) is 0 Å². The van der Waals surface area contributed by atoms with Crippen LogP contribution in [-0.4, -0.2) is 5.91 Å². The number of amides is 1. The Balaban J connectivity index is 2.16. The zero-order chi connectivity index (χ0) is 13.1. The minimum absolute atomic E-state index is 0.0711. The van der Waals surface area contributed by atoms with Crippen LogP contribution in [0.25, 0.3) is 0 Å². The van der Waals surface area contributed by atoms with Crippen molar-refractivity contribution < 1.29 is 4.79 Å². The number of aryl methyl sites for hydroxylation is 3. The number of hydrogen-bond acceptors (Lipinski definition) is 1. The molecule has 0 radical (unpaired) electrons. The third-order valence-corrected chi connectivity index (χ3v) is 3.08. The number of nitrogens with one attached hydrogen (secondary N) is 1. The average Bonchev–Trinajstić information content (AvgIpc) is 2.34. The Morgan fingerprint density at radius 1 is 0.889 bits per heavy atom. The quantitative estimate of drug-likeness (QED) is 0.847. The fourth-order valence-electron chi connectivity index (χ4n) is 1.73. The molecule has 18 heavy (non-hydrogen) atoms. The largest absolute Gasteiger partial charge is 0.322 e. The number of rotatable bonds is 2. The van der Waals surface area contributed by atoms with Gasteiger partial charge >= 0.3 is 0 Å². The van der Waals surface area contributed by atoms with Crippen molar-refractivity contribution in [2.45, 2.75) is 20.8 Å². The number of carbonyl (C=O) groups is 1. The van der Waals surface area contributed by atoms with Crippen molar-refractivity contribution in [2.75, 3.05) is 5.32 Å². The first kappa shape index (κ1) is 12.4. The van der Waals surface area contributed by atoms with Gasteiger partial charge < -0.3 is 5.32 Å². The molecule has 0 aromatic heterocycles. The molecule has 0 spiro atoms. The lowest BCUT2D eigenvalue weighted by Crippen LogP contribution is -2.11. The van der Waals surface area contributed by atoms with Crippen LogP contribution in [0.2, 0.25) is 0 Å². The fourth-order valence-corrected chi connectivity index (χ4v) is 1.73. The lowest BCUT2D eigenvalue weighted by atomic mass is 10.1. The van der Waals surface area contributed by atoms with E-state index in [1.54, 1.807) is 0 Å². The first-order chi connectivity index (χ1) is 8.56. The van der Waals surface area contributed by atoms with Gasteiger partial charge in [0.25, 0.3) is 5.91 Å². The van der Waals surface area contributed by atoms with Gasteiger partial charge in [0, 0.05) is 11.3 Å². The molecule has 0 unspecified atom stereocenters. The maximum absolute atomic E-state index is 12.0. The Bertz CT molecular complexity index is 570. The summed E-state index contributed by atoms with van der Waals surface area (Å²) < 4.78 is 0. The van der Waals surface area contributed by atoms with E-state index in [0.29, 0.717) is 5.56 Å². The highest BCUT2D eigenvalue weighted by Crippen LogP contribution is 2.15. The normalized spacial score (nSPS) is 10.2. The van der Waals surface area contributed by atoms with Gasteiger partial charge in [0.2, 0.25) is 0 Å². The van der Waals surface area contributed by atoms with E-state index in [1.807, 2.05) is 56.3 Å². The van der Waals surface area contributed by atoms with Gasteiger partial charge in [0.05, 0.1) is 0 Å². The van der Waals surface area contributed by atoms with Crippen LogP contribution >= 0.6 is 0 Å². The molecule has 2 aromatic carbocycles. The second-order valence-corrected chi connectivity index (χ2v) is 4.62. The fraction of sp³-hybridized carbons (Fsp3) is 0.188. The molecule has 0 fully saturated rings. The standard InChI is InChI=1S/C16H17NO/c1-11-4-7-14(8-5-11)16(18)17-15-9-6-12(2)13(3)10-15/h4-10H,1-3H3,(H,17,18).